The second-order valence-corrected chi connectivity index (χ2v) is 12.3. The molecule has 1 N–H and O–H groups in total. The molecule has 5 rings (SSSR count). The fourth-order valence-electron chi connectivity index (χ4n) is 5.19. The van der Waals surface area contributed by atoms with Crippen molar-refractivity contribution in [2.45, 2.75) is 57.3 Å². The van der Waals surface area contributed by atoms with E-state index in [0.29, 0.717) is 24.7 Å². The van der Waals surface area contributed by atoms with Crippen LogP contribution in [0.2, 0.25) is 0 Å². The Labute approximate surface area is 233 Å². The van der Waals surface area contributed by atoms with Gasteiger partial charge in [0.25, 0.3) is 0 Å². The van der Waals surface area contributed by atoms with Gasteiger partial charge in [-0.05, 0) is 43.5 Å². The van der Waals surface area contributed by atoms with E-state index in [1.807, 2.05) is 19.1 Å². The molecule has 2 amide bonds. The number of amides is 2. The summed E-state index contributed by atoms with van der Waals surface area (Å²) in [6.45, 7) is 9.23. The average molecular weight is 551 g/mol. The van der Waals surface area contributed by atoms with Gasteiger partial charge in [-0.3, -0.25) is 14.5 Å². The number of nitrogens with zero attached hydrogens (tertiary/aromatic N) is 3. The molecule has 1 saturated heterocycles. The molecule has 1 fully saturated rings. The molecule has 9 heteroatoms. The quantitative estimate of drug-likeness (QED) is 0.463. The summed E-state index contributed by atoms with van der Waals surface area (Å²) < 4.78 is 21.7. The lowest BCUT2D eigenvalue weighted by atomic mass is 9.87. The summed E-state index contributed by atoms with van der Waals surface area (Å²) in [4.78, 5) is 28.4. The van der Waals surface area contributed by atoms with Gasteiger partial charge in [0.1, 0.15) is 18.2 Å². The highest BCUT2D eigenvalue weighted by Crippen LogP contribution is 2.48. The van der Waals surface area contributed by atoms with Gasteiger partial charge in [-0.1, -0.05) is 56.7 Å². The number of rotatable bonds is 6. The highest BCUT2D eigenvalue weighted by atomic mass is 32.2. The molecular formula is C30H35FN4O3S. The van der Waals surface area contributed by atoms with Crippen LogP contribution in [0.1, 0.15) is 61.2 Å². The lowest BCUT2D eigenvalue weighted by molar-refractivity contribution is -0.123. The van der Waals surface area contributed by atoms with Gasteiger partial charge in [-0.2, -0.15) is 5.10 Å². The number of aromatic nitrogens is 2. The molecule has 2 unspecified atom stereocenters. The van der Waals surface area contributed by atoms with E-state index in [2.05, 4.69) is 38.2 Å². The van der Waals surface area contributed by atoms with E-state index >= 15 is 0 Å². The number of carbonyl (C=O) groups is 2. The molecule has 2 atom stereocenters. The molecule has 7 nitrogen and oxygen atoms in total. The predicted molar refractivity (Wildman–Crippen MR) is 152 cm³/mol. The Bertz CT molecular complexity index is 1380. The number of fused-ring (bicyclic) bond motifs is 1. The maximum absolute atomic E-state index is 14.4. The second kappa shape index (κ2) is 11.1. The van der Waals surface area contributed by atoms with E-state index in [0.717, 1.165) is 35.2 Å². The van der Waals surface area contributed by atoms with Gasteiger partial charge < -0.3 is 10.1 Å². The fourth-order valence-corrected chi connectivity index (χ4v) is 6.38. The smallest absolute Gasteiger partial charge is 0.240 e. The summed E-state index contributed by atoms with van der Waals surface area (Å²) in [5.74, 6) is -0.160. The monoisotopic (exact) mass is 550 g/mol. The Kier molecular flexibility index (Phi) is 7.82. The molecule has 3 aromatic rings. The van der Waals surface area contributed by atoms with Crippen molar-refractivity contribution in [3.8, 4) is 5.69 Å². The number of hydrogen-bond acceptors (Lipinski definition) is 5. The van der Waals surface area contributed by atoms with Crippen LogP contribution in [-0.4, -0.2) is 53.1 Å². The minimum Gasteiger partial charge on any atom is -0.376 e. The first kappa shape index (κ1) is 27.4. The van der Waals surface area contributed by atoms with Crippen molar-refractivity contribution in [3.63, 3.8) is 0 Å². The third-order valence-corrected chi connectivity index (χ3v) is 8.30. The number of thioether (sulfide) groups is 1. The first-order valence-electron chi connectivity index (χ1n) is 13.4. The van der Waals surface area contributed by atoms with Gasteiger partial charge >= 0.3 is 0 Å². The molecule has 0 saturated carbocycles. The number of halogens is 1. The SMILES string of the molecule is Cc1cccc(C2SCC(=O)N(CC(=O)NCC3CCCO3)c3c2c(C(C)(C)C)nn3-c2cccc(F)c2)c1. The zero-order valence-electron chi connectivity index (χ0n) is 22.9. The van der Waals surface area contributed by atoms with Crippen molar-refractivity contribution in [3.05, 3.63) is 76.7 Å². The van der Waals surface area contributed by atoms with E-state index in [1.165, 1.54) is 28.8 Å². The summed E-state index contributed by atoms with van der Waals surface area (Å²) in [5, 5.41) is 7.76. The Hall–Kier alpha value is -3.17. The largest absolute Gasteiger partial charge is 0.376 e. The van der Waals surface area contributed by atoms with Crippen molar-refractivity contribution in [2.24, 2.45) is 0 Å². The zero-order valence-corrected chi connectivity index (χ0v) is 23.7. The third-order valence-electron chi connectivity index (χ3n) is 7.05. The lowest BCUT2D eigenvalue weighted by Crippen LogP contribution is -2.44. The number of carbonyl (C=O) groups excluding carboxylic acids is 2. The van der Waals surface area contributed by atoms with Gasteiger partial charge in [0.15, 0.2) is 0 Å². The highest BCUT2D eigenvalue weighted by molar-refractivity contribution is 8.00. The number of benzene rings is 2. The van der Waals surface area contributed by atoms with Crippen molar-refractivity contribution in [1.82, 2.24) is 15.1 Å². The first-order chi connectivity index (χ1) is 18.6. The summed E-state index contributed by atoms with van der Waals surface area (Å²) in [7, 11) is 0. The molecule has 3 heterocycles. The minimum absolute atomic E-state index is 0.00378. The maximum atomic E-state index is 14.4. The summed E-state index contributed by atoms with van der Waals surface area (Å²) in [5.41, 5.74) is 3.97. The molecular weight excluding hydrogens is 515 g/mol. The van der Waals surface area contributed by atoms with E-state index in [9.17, 15) is 14.0 Å². The van der Waals surface area contributed by atoms with Crippen LogP contribution in [-0.2, 0) is 19.7 Å². The molecule has 2 aromatic carbocycles. The number of aryl methyl sites for hydroxylation is 1. The maximum Gasteiger partial charge on any atom is 0.240 e. The van der Waals surface area contributed by atoms with Crippen LogP contribution in [0, 0.1) is 12.7 Å². The van der Waals surface area contributed by atoms with Gasteiger partial charge in [0, 0.05) is 24.1 Å². The molecule has 0 bridgehead atoms. The van der Waals surface area contributed by atoms with Crippen LogP contribution in [0.4, 0.5) is 10.2 Å². The average Bonchev–Trinajstić information content (AvgIpc) is 3.52. The third kappa shape index (κ3) is 5.89. The number of hydrogen-bond donors (Lipinski definition) is 1. The fraction of sp³-hybridized carbons (Fsp3) is 0.433. The molecule has 206 valence electrons. The number of anilines is 1. The lowest BCUT2D eigenvalue weighted by Gasteiger charge is -2.25. The Morgan fingerprint density at radius 2 is 2.00 bits per heavy atom. The van der Waals surface area contributed by atoms with Gasteiger partial charge in [0.05, 0.1) is 28.5 Å². The Morgan fingerprint density at radius 3 is 2.69 bits per heavy atom. The first-order valence-corrected chi connectivity index (χ1v) is 14.4. The van der Waals surface area contributed by atoms with Crippen LogP contribution < -0.4 is 10.2 Å². The van der Waals surface area contributed by atoms with Crippen molar-refractivity contribution < 1.29 is 18.7 Å². The molecule has 2 aliphatic heterocycles. The Morgan fingerprint density at radius 1 is 1.21 bits per heavy atom. The van der Waals surface area contributed by atoms with Crippen molar-refractivity contribution in [1.29, 1.82) is 0 Å². The predicted octanol–water partition coefficient (Wildman–Crippen LogP) is 5.08. The standard InChI is InChI=1S/C30H35FN4O3S/c1-19-8-5-9-20(14-19)27-26-28(30(2,3)4)33-35(22-11-6-10-21(31)15-22)29(26)34(25(37)18-39-27)17-24(36)32-16-23-12-7-13-38-23/h5-6,8-11,14-15,23,27H,7,12-13,16-18H2,1-4H3,(H,32,36). The number of nitrogens with one attached hydrogen (secondary N) is 1. The minimum atomic E-state index is -0.403. The zero-order chi connectivity index (χ0) is 27.7. The molecule has 0 spiro atoms. The van der Waals surface area contributed by atoms with E-state index in [4.69, 9.17) is 9.84 Å². The summed E-state index contributed by atoms with van der Waals surface area (Å²) in [6.07, 6.45) is 1.88. The van der Waals surface area contributed by atoms with E-state index < -0.39 is 5.82 Å². The van der Waals surface area contributed by atoms with Crippen LogP contribution >= 0.6 is 11.8 Å². The van der Waals surface area contributed by atoms with Gasteiger partial charge in [-0.15, -0.1) is 11.8 Å². The topological polar surface area (TPSA) is 76.5 Å². The second-order valence-electron chi connectivity index (χ2n) is 11.3. The van der Waals surface area contributed by atoms with Crippen molar-refractivity contribution in [2.75, 3.05) is 30.3 Å². The molecule has 1 aromatic heterocycles. The summed E-state index contributed by atoms with van der Waals surface area (Å²) >= 11 is 1.53. The number of ether oxygens (including phenoxy) is 1. The van der Waals surface area contributed by atoms with Crippen LogP contribution in [0.3, 0.4) is 0 Å². The molecule has 0 radical (unpaired) electrons. The molecule has 2 aliphatic rings. The van der Waals surface area contributed by atoms with Gasteiger partial charge in [0.2, 0.25) is 11.8 Å². The van der Waals surface area contributed by atoms with E-state index in [1.54, 1.807) is 16.8 Å². The normalized spacial score (nSPS) is 19.6. The Balaban J connectivity index is 1.65. The van der Waals surface area contributed by atoms with E-state index in [-0.39, 0.29) is 40.9 Å². The highest BCUT2D eigenvalue weighted by Gasteiger charge is 2.40. The van der Waals surface area contributed by atoms with Crippen molar-refractivity contribution >= 4 is 29.4 Å². The summed E-state index contributed by atoms with van der Waals surface area (Å²) in [6, 6.07) is 14.4. The van der Waals surface area contributed by atoms with Gasteiger partial charge in [-0.25, -0.2) is 9.07 Å². The molecule has 0 aliphatic carbocycles. The molecule has 39 heavy (non-hydrogen) atoms. The van der Waals surface area contributed by atoms with Crippen LogP contribution in [0.5, 0.6) is 0 Å². The van der Waals surface area contributed by atoms with Crippen LogP contribution in [0.25, 0.3) is 5.69 Å². The van der Waals surface area contributed by atoms with Crippen LogP contribution in [0.15, 0.2) is 48.5 Å².